The Morgan fingerprint density at radius 2 is 2.36 bits per heavy atom. The molecule has 0 aliphatic carbocycles. The molecule has 0 spiro atoms. The maximum Gasteiger partial charge on any atom is 0.270 e. The highest BCUT2D eigenvalue weighted by Gasteiger charge is 2.08. The SMILES string of the molecule is C#CCn1c(=NC(=O)Cn2cncn2)sc2cc(Cl)ccc21. The molecule has 110 valence electrons. The highest BCUT2D eigenvalue weighted by molar-refractivity contribution is 7.16. The number of nitrogens with zero attached hydrogens (tertiary/aromatic N) is 5. The monoisotopic (exact) mass is 331 g/mol. The number of hydrogen-bond acceptors (Lipinski definition) is 4. The van der Waals surface area contributed by atoms with E-state index in [4.69, 9.17) is 18.0 Å². The van der Waals surface area contributed by atoms with E-state index in [0.717, 1.165) is 10.2 Å². The third-order valence-electron chi connectivity index (χ3n) is 2.88. The number of terminal acetylenes is 1. The van der Waals surface area contributed by atoms with Crippen molar-refractivity contribution in [3.8, 4) is 12.3 Å². The molecule has 0 aliphatic rings. The van der Waals surface area contributed by atoms with Crippen LogP contribution in [-0.4, -0.2) is 25.2 Å². The minimum absolute atomic E-state index is 0.0328. The summed E-state index contributed by atoms with van der Waals surface area (Å²) < 4.78 is 4.16. The molecule has 3 aromatic rings. The topological polar surface area (TPSA) is 65.1 Å². The van der Waals surface area contributed by atoms with E-state index in [1.165, 1.54) is 28.7 Å². The van der Waals surface area contributed by atoms with Gasteiger partial charge in [-0.2, -0.15) is 10.1 Å². The van der Waals surface area contributed by atoms with Gasteiger partial charge in [-0.3, -0.25) is 4.79 Å². The van der Waals surface area contributed by atoms with Crippen molar-refractivity contribution in [3.05, 3.63) is 40.7 Å². The smallest absolute Gasteiger partial charge is 0.270 e. The van der Waals surface area contributed by atoms with Gasteiger partial charge >= 0.3 is 0 Å². The summed E-state index contributed by atoms with van der Waals surface area (Å²) in [6.07, 6.45) is 8.24. The number of benzene rings is 1. The van der Waals surface area contributed by atoms with Gasteiger partial charge in [-0.05, 0) is 18.2 Å². The van der Waals surface area contributed by atoms with Gasteiger partial charge in [0.1, 0.15) is 19.2 Å². The van der Waals surface area contributed by atoms with Crippen LogP contribution >= 0.6 is 22.9 Å². The standard InChI is InChI=1S/C14H10ClN5OS/c1-2-5-20-11-4-3-10(15)6-12(11)22-14(20)18-13(21)7-19-9-16-8-17-19/h1,3-4,6,8-9H,5,7H2. The second-order valence-electron chi connectivity index (χ2n) is 4.39. The van der Waals surface area contributed by atoms with Gasteiger partial charge in [0.2, 0.25) is 0 Å². The molecular formula is C14H10ClN5OS. The normalized spacial score (nSPS) is 11.7. The molecule has 8 heteroatoms. The van der Waals surface area contributed by atoms with Gasteiger partial charge in [-0.15, -0.1) is 6.42 Å². The van der Waals surface area contributed by atoms with Crippen LogP contribution in [0.1, 0.15) is 0 Å². The van der Waals surface area contributed by atoms with Crippen molar-refractivity contribution in [2.24, 2.45) is 4.99 Å². The third-order valence-corrected chi connectivity index (χ3v) is 4.15. The molecule has 6 nitrogen and oxygen atoms in total. The van der Waals surface area contributed by atoms with Crippen LogP contribution in [-0.2, 0) is 17.9 Å². The van der Waals surface area contributed by atoms with Gasteiger partial charge in [0.25, 0.3) is 5.91 Å². The molecule has 0 saturated carbocycles. The predicted octanol–water partition coefficient (Wildman–Crippen LogP) is 1.71. The summed E-state index contributed by atoms with van der Waals surface area (Å²) in [6.45, 7) is 0.363. The van der Waals surface area contributed by atoms with E-state index in [-0.39, 0.29) is 12.5 Å². The Hall–Kier alpha value is -2.43. The van der Waals surface area contributed by atoms with Crippen molar-refractivity contribution < 1.29 is 4.79 Å². The van der Waals surface area contributed by atoms with Crippen LogP contribution in [0.25, 0.3) is 10.2 Å². The van der Waals surface area contributed by atoms with Gasteiger partial charge in [0.15, 0.2) is 4.80 Å². The number of hydrogen-bond donors (Lipinski definition) is 0. The third kappa shape index (κ3) is 2.93. The molecule has 1 aromatic carbocycles. The molecule has 0 saturated heterocycles. The van der Waals surface area contributed by atoms with Crippen LogP contribution in [0.5, 0.6) is 0 Å². The number of carbonyl (C=O) groups is 1. The largest absolute Gasteiger partial charge is 0.305 e. The van der Waals surface area contributed by atoms with Crippen molar-refractivity contribution in [1.82, 2.24) is 19.3 Å². The second kappa shape index (κ2) is 6.13. The minimum Gasteiger partial charge on any atom is -0.305 e. The van der Waals surface area contributed by atoms with Crippen molar-refractivity contribution in [2.75, 3.05) is 0 Å². The number of aromatic nitrogens is 4. The summed E-state index contributed by atoms with van der Waals surface area (Å²) >= 11 is 7.37. The lowest BCUT2D eigenvalue weighted by molar-refractivity contribution is -0.118. The molecule has 0 N–H and O–H groups in total. The van der Waals surface area contributed by atoms with E-state index in [1.807, 2.05) is 16.7 Å². The van der Waals surface area contributed by atoms with Gasteiger partial charge in [0.05, 0.1) is 16.8 Å². The van der Waals surface area contributed by atoms with Gasteiger partial charge in [0, 0.05) is 5.02 Å². The molecule has 0 radical (unpaired) electrons. The number of amides is 1. The predicted molar refractivity (Wildman–Crippen MR) is 84.3 cm³/mol. The number of thiazole rings is 1. The van der Waals surface area contributed by atoms with Crippen LogP contribution in [0.2, 0.25) is 5.02 Å². The lowest BCUT2D eigenvalue weighted by Crippen LogP contribution is -2.18. The first-order valence-electron chi connectivity index (χ1n) is 6.29. The fourth-order valence-corrected chi connectivity index (χ4v) is 3.29. The molecule has 0 unspecified atom stereocenters. The summed E-state index contributed by atoms with van der Waals surface area (Å²) in [7, 11) is 0. The molecule has 0 fully saturated rings. The summed E-state index contributed by atoms with van der Waals surface area (Å²) in [6, 6.07) is 5.48. The fourth-order valence-electron chi connectivity index (χ4n) is 1.97. The fraction of sp³-hybridized carbons (Fsp3) is 0.143. The lowest BCUT2D eigenvalue weighted by Gasteiger charge is -1.99. The molecule has 2 aromatic heterocycles. The zero-order valence-electron chi connectivity index (χ0n) is 11.3. The molecule has 0 atom stereocenters. The van der Waals surface area contributed by atoms with E-state index in [0.29, 0.717) is 16.4 Å². The first kappa shape index (κ1) is 14.5. The quantitative estimate of drug-likeness (QED) is 0.686. The zero-order valence-corrected chi connectivity index (χ0v) is 12.9. The first-order chi connectivity index (χ1) is 10.7. The van der Waals surface area contributed by atoms with Gasteiger partial charge in [-0.25, -0.2) is 9.67 Å². The molecule has 22 heavy (non-hydrogen) atoms. The van der Waals surface area contributed by atoms with Crippen LogP contribution in [0.15, 0.2) is 35.8 Å². The van der Waals surface area contributed by atoms with Crippen molar-refractivity contribution in [2.45, 2.75) is 13.1 Å². The Labute approximate surface area is 134 Å². The van der Waals surface area contributed by atoms with Crippen molar-refractivity contribution >= 4 is 39.1 Å². The maximum atomic E-state index is 12.0. The summed E-state index contributed by atoms with van der Waals surface area (Å²) in [5.41, 5.74) is 0.902. The Kier molecular flexibility index (Phi) is 4.04. The van der Waals surface area contributed by atoms with Crippen molar-refractivity contribution in [1.29, 1.82) is 0 Å². The average molecular weight is 332 g/mol. The Morgan fingerprint density at radius 1 is 1.50 bits per heavy atom. The number of rotatable bonds is 3. The average Bonchev–Trinajstić information content (AvgIpc) is 3.08. The molecule has 1 amide bonds. The van der Waals surface area contributed by atoms with E-state index in [9.17, 15) is 4.79 Å². The maximum absolute atomic E-state index is 12.0. The first-order valence-corrected chi connectivity index (χ1v) is 7.49. The Morgan fingerprint density at radius 3 is 3.09 bits per heavy atom. The lowest BCUT2D eigenvalue weighted by atomic mass is 10.3. The van der Waals surface area contributed by atoms with E-state index < -0.39 is 0 Å². The van der Waals surface area contributed by atoms with E-state index in [1.54, 1.807) is 6.07 Å². The van der Waals surface area contributed by atoms with Crippen LogP contribution in [0, 0.1) is 12.3 Å². The molecular weight excluding hydrogens is 322 g/mol. The molecule has 0 bridgehead atoms. The summed E-state index contributed by atoms with van der Waals surface area (Å²) in [5.74, 6) is 2.25. The zero-order chi connectivity index (χ0) is 15.5. The Bertz CT molecular complexity index is 932. The summed E-state index contributed by atoms with van der Waals surface area (Å²) in [4.78, 5) is 20.5. The highest BCUT2D eigenvalue weighted by Crippen LogP contribution is 2.21. The van der Waals surface area contributed by atoms with Gasteiger partial charge < -0.3 is 4.57 Å². The Balaban J connectivity index is 2.05. The highest BCUT2D eigenvalue weighted by atomic mass is 35.5. The second-order valence-corrected chi connectivity index (χ2v) is 5.83. The number of fused-ring (bicyclic) bond motifs is 1. The number of carbonyl (C=O) groups excluding carboxylic acids is 1. The van der Waals surface area contributed by atoms with E-state index in [2.05, 4.69) is 21.0 Å². The van der Waals surface area contributed by atoms with Crippen molar-refractivity contribution in [3.63, 3.8) is 0 Å². The summed E-state index contributed by atoms with van der Waals surface area (Å²) in [5, 5.41) is 4.51. The molecule has 2 heterocycles. The van der Waals surface area contributed by atoms with Crippen LogP contribution in [0.3, 0.4) is 0 Å². The molecule has 0 aliphatic heterocycles. The van der Waals surface area contributed by atoms with Crippen LogP contribution < -0.4 is 4.80 Å². The van der Waals surface area contributed by atoms with Gasteiger partial charge in [-0.1, -0.05) is 28.9 Å². The number of halogens is 1. The molecule has 3 rings (SSSR count). The van der Waals surface area contributed by atoms with Crippen LogP contribution in [0.4, 0.5) is 0 Å². The van der Waals surface area contributed by atoms with E-state index >= 15 is 0 Å². The minimum atomic E-state index is -0.325.